The van der Waals surface area contributed by atoms with Crippen molar-refractivity contribution in [3.8, 4) is 11.3 Å². The minimum absolute atomic E-state index is 0.921. The number of hydrogen-bond acceptors (Lipinski definition) is 4. The minimum Gasteiger partial charge on any atom is -0.369 e. The van der Waals surface area contributed by atoms with Crippen molar-refractivity contribution in [2.45, 2.75) is 0 Å². The van der Waals surface area contributed by atoms with E-state index in [1.165, 1.54) is 5.69 Å². The van der Waals surface area contributed by atoms with Crippen molar-refractivity contribution < 1.29 is 0 Å². The summed E-state index contributed by atoms with van der Waals surface area (Å²) in [6.07, 6.45) is 5.21. The molecule has 2 aromatic rings. The SMILES string of the molecule is c1cnc(-c2ccc(N3CCNCC3)cc2)cn1. The van der Waals surface area contributed by atoms with E-state index in [0.717, 1.165) is 37.4 Å². The molecule has 18 heavy (non-hydrogen) atoms. The summed E-state index contributed by atoms with van der Waals surface area (Å²) in [4.78, 5) is 10.8. The van der Waals surface area contributed by atoms with E-state index >= 15 is 0 Å². The Labute approximate surface area is 107 Å². The largest absolute Gasteiger partial charge is 0.369 e. The molecule has 0 unspecified atom stereocenters. The Hall–Kier alpha value is -1.94. The summed E-state index contributed by atoms with van der Waals surface area (Å²) in [5, 5.41) is 3.36. The van der Waals surface area contributed by atoms with Gasteiger partial charge in [0.05, 0.1) is 11.9 Å². The molecule has 92 valence electrons. The molecule has 0 atom stereocenters. The average Bonchev–Trinajstić information content (AvgIpc) is 2.49. The van der Waals surface area contributed by atoms with Gasteiger partial charge in [-0.15, -0.1) is 0 Å². The summed E-state index contributed by atoms with van der Waals surface area (Å²) < 4.78 is 0. The number of nitrogens with zero attached hydrogens (tertiary/aromatic N) is 3. The number of benzene rings is 1. The first-order valence-corrected chi connectivity index (χ1v) is 6.25. The van der Waals surface area contributed by atoms with Crippen LogP contribution in [0.2, 0.25) is 0 Å². The quantitative estimate of drug-likeness (QED) is 0.864. The van der Waals surface area contributed by atoms with Gasteiger partial charge in [0.25, 0.3) is 0 Å². The summed E-state index contributed by atoms with van der Waals surface area (Å²) in [7, 11) is 0. The number of anilines is 1. The molecule has 0 amide bonds. The van der Waals surface area contributed by atoms with Crippen molar-refractivity contribution in [3.05, 3.63) is 42.9 Å². The van der Waals surface area contributed by atoms with Gasteiger partial charge < -0.3 is 10.2 Å². The van der Waals surface area contributed by atoms with Gasteiger partial charge >= 0.3 is 0 Å². The maximum Gasteiger partial charge on any atom is 0.0885 e. The van der Waals surface area contributed by atoms with Crippen LogP contribution in [0.3, 0.4) is 0 Å². The van der Waals surface area contributed by atoms with E-state index < -0.39 is 0 Å². The van der Waals surface area contributed by atoms with Gasteiger partial charge in [0, 0.05) is 49.8 Å². The first-order chi connectivity index (χ1) is 8.93. The molecule has 0 bridgehead atoms. The zero-order valence-corrected chi connectivity index (χ0v) is 10.2. The van der Waals surface area contributed by atoms with Crippen LogP contribution in [0.15, 0.2) is 42.9 Å². The molecule has 1 aromatic heterocycles. The third-order valence-electron chi connectivity index (χ3n) is 3.21. The molecule has 0 spiro atoms. The molecule has 0 aliphatic carbocycles. The van der Waals surface area contributed by atoms with E-state index in [2.05, 4.69) is 44.5 Å². The van der Waals surface area contributed by atoms with Crippen molar-refractivity contribution >= 4 is 5.69 Å². The van der Waals surface area contributed by atoms with Crippen LogP contribution in [-0.4, -0.2) is 36.1 Å². The van der Waals surface area contributed by atoms with E-state index in [-0.39, 0.29) is 0 Å². The fourth-order valence-electron chi connectivity index (χ4n) is 2.21. The molecule has 1 aliphatic rings. The lowest BCUT2D eigenvalue weighted by Crippen LogP contribution is -2.43. The predicted molar refractivity (Wildman–Crippen MR) is 72.6 cm³/mol. The zero-order chi connectivity index (χ0) is 12.2. The predicted octanol–water partition coefficient (Wildman–Crippen LogP) is 1.55. The monoisotopic (exact) mass is 240 g/mol. The van der Waals surface area contributed by atoms with Crippen LogP contribution in [0.25, 0.3) is 11.3 Å². The average molecular weight is 240 g/mol. The van der Waals surface area contributed by atoms with Crippen LogP contribution in [0.1, 0.15) is 0 Å². The second kappa shape index (κ2) is 5.14. The Bertz CT molecular complexity index is 489. The lowest BCUT2D eigenvalue weighted by Gasteiger charge is -2.29. The van der Waals surface area contributed by atoms with E-state index in [1.54, 1.807) is 18.6 Å². The van der Waals surface area contributed by atoms with Gasteiger partial charge in [-0.25, -0.2) is 0 Å². The lowest BCUT2D eigenvalue weighted by molar-refractivity contribution is 0.589. The van der Waals surface area contributed by atoms with Crippen LogP contribution in [0.5, 0.6) is 0 Å². The Morgan fingerprint density at radius 3 is 2.44 bits per heavy atom. The number of rotatable bonds is 2. The van der Waals surface area contributed by atoms with Gasteiger partial charge in [-0.1, -0.05) is 12.1 Å². The van der Waals surface area contributed by atoms with Crippen molar-refractivity contribution in [1.29, 1.82) is 0 Å². The van der Waals surface area contributed by atoms with Crippen molar-refractivity contribution in [2.75, 3.05) is 31.1 Å². The Kier molecular flexibility index (Phi) is 3.19. The van der Waals surface area contributed by atoms with Gasteiger partial charge in [0.1, 0.15) is 0 Å². The number of aromatic nitrogens is 2. The molecule has 1 saturated heterocycles. The molecule has 0 saturated carbocycles. The first-order valence-electron chi connectivity index (χ1n) is 6.25. The van der Waals surface area contributed by atoms with Gasteiger partial charge in [-0.3, -0.25) is 9.97 Å². The highest BCUT2D eigenvalue weighted by atomic mass is 15.2. The molecule has 2 heterocycles. The molecule has 1 N–H and O–H groups in total. The lowest BCUT2D eigenvalue weighted by atomic mass is 10.1. The zero-order valence-electron chi connectivity index (χ0n) is 10.2. The van der Waals surface area contributed by atoms with E-state index in [9.17, 15) is 0 Å². The highest BCUT2D eigenvalue weighted by molar-refractivity contribution is 5.62. The summed E-state index contributed by atoms with van der Waals surface area (Å²) in [5.74, 6) is 0. The second-order valence-electron chi connectivity index (χ2n) is 4.37. The molecular formula is C14H16N4. The number of piperazine rings is 1. The van der Waals surface area contributed by atoms with Crippen LogP contribution in [0.4, 0.5) is 5.69 Å². The summed E-state index contributed by atoms with van der Waals surface area (Å²) in [5.41, 5.74) is 3.32. The maximum atomic E-state index is 4.31. The first kappa shape index (κ1) is 11.2. The highest BCUT2D eigenvalue weighted by Gasteiger charge is 2.10. The summed E-state index contributed by atoms with van der Waals surface area (Å²) >= 11 is 0. The second-order valence-corrected chi connectivity index (χ2v) is 4.37. The number of nitrogens with one attached hydrogen (secondary N) is 1. The molecule has 4 nitrogen and oxygen atoms in total. The Morgan fingerprint density at radius 2 is 1.78 bits per heavy atom. The van der Waals surface area contributed by atoms with Crippen molar-refractivity contribution in [1.82, 2.24) is 15.3 Å². The molecule has 0 radical (unpaired) electrons. The molecule has 1 aliphatic heterocycles. The molecule has 1 fully saturated rings. The smallest absolute Gasteiger partial charge is 0.0885 e. The van der Waals surface area contributed by atoms with Crippen molar-refractivity contribution in [3.63, 3.8) is 0 Å². The van der Waals surface area contributed by atoms with Gasteiger partial charge in [0.15, 0.2) is 0 Å². The van der Waals surface area contributed by atoms with E-state index in [0.29, 0.717) is 0 Å². The molecule has 4 heteroatoms. The van der Waals surface area contributed by atoms with Crippen LogP contribution in [-0.2, 0) is 0 Å². The Morgan fingerprint density at radius 1 is 1.00 bits per heavy atom. The molecular weight excluding hydrogens is 224 g/mol. The molecule has 3 rings (SSSR count). The van der Waals surface area contributed by atoms with E-state index in [1.807, 2.05) is 0 Å². The third kappa shape index (κ3) is 2.33. The number of hydrogen-bond donors (Lipinski definition) is 1. The fourth-order valence-corrected chi connectivity index (χ4v) is 2.21. The molecule has 1 aromatic carbocycles. The van der Waals surface area contributed by atoms with Gasteiger partial charge in [-0.05, 0) is 12.1 Å². The highest BCUT2D eigenvalue weighted by Crippen LogP contribution is 2.21. The summed E-state index contributed by atoms with van der Waals surface area (Å²) in [6.45, 7) is 4.27. The van der Waals surface area contributed by atoms with Crippen LogP contribution >= 0.6 is 0 Å². The van der Waals surface area contributed by atoms with Gasteiger partial charge in [-0.2, -0.15) is 0 Å². The Balaban J connectivity index is 1.80. The summed E-state index contributed by atoms with van der Waals surface area (Å²) in [6, 6.07) is 8.55. The fraction of sp³-hybridized carbons (Fsp3) is 0.286. The minimum atomic E-state index is 0.921. The van der Waals surface area contributed by atoms with Gasteiger partial charge in [0.2, 0.25) is 0 Å². The third-order valence-corrected chi connectivity index (χ3v) is 3.21. The van der Waals surface area contributed by atoms with E-state index in [4.69, 9.17) is 0 Å². The maximum absolute atomic E-state index is 4.31. The van der Waals surface area contributed by atoms with Crippen LogP contribution in [0, 0.1) is 0 Å². The topological polar surface area (TPSA) is 41.1 Å². The van der Waals surface area contributed by atoms with Crippen molar-refractivity contribution in [2.24, 2.45) is 0 Å². The van der Waals surface area contributed by atoms with Crippen LogP contribution < -0.4 is 10.2 Å². The standard InChI is InChI=1S/C14H16N4/c1-3-13(18-9-7-15-8-10-18)4-2-12(1)14-11-16-5-6-17-14/h1-6,11,15H,7-10H2. The normalized spacial score (nSPS) is 15.7.